The van der Waals surface area contributed by atoms with E-state index in [0.29, 0.717) is 17.5 Å². The van der Waals surface area contributed by atoms with E-state index in [2.05, 4.69) is 66.1 Å². The van der Waals surface area contributed by atoms with E-state index in [1.807, 2.05) is 43.3 Å². The Kier molecular flexibility index (Phi) is 6.47. The number of allylic oxidation sites excluding steroid dienone is 1. The topological polar surface area (TPSA) is 78.9 Å². The number of aromatic nitrogens is 2. The Morgan fingerprint density at radius 2 is 1.75 bits per heavy atom. The summed E-state index contributed by atoms with van der Waals surface area (Å²) in [7, 11) is 0. The number of fused-ring (bicyclic) bond motifs is 1. The highest BCUT2D eigenvalue weighted by Crippen LogP contribution is 2.28. The summed E-state index contributed by atoms with van der Waals surface area (Å²) in [5.41, 5.74) is 3.43. The van der Waals surface area contributed by atoms with E-state index in [1.165, 1.54) is 11.5 Å². The molecule has 0 aliphatic heterocycles. The molecule has 7 heteroatoms. The van der Waals surface area contributed by atoms with Crippen LogP contribution in [-0.4, -0.2) is 15.9 Å². The summed E-state index contributed by atoms with van der Waals surface area (Å²) in [4.78, 5) is 20.9. The summed E-state index contributed by atoms with van der Waals surface area (Å²) in [6.07, 6.45) is 4.88. The second-order valence-corrected chi connectivity index (χ2v) is 8.08. The molecule has 1 aromatic heterocycles. The molecule has 0 bridgehead atoms. The maximum Gasteiger partial charge on any atom is 0.248 e. The predicted molar refractivity (Wildman–Crippen MR) is 135 cm³/mol. The van der Waals surface area contributed by atoms with Crippen molar-refractivity contribution in [1.82, 2.24) is 9.97 Å². The largest absolute Gasteiger partial charge is 0.339 e. The molecule has 0 spiro atoms. The van der Waals surface area contributed by atoms with Crippen LogP contribution in [0, 0.1) is 6.92 Å². The molecular weight excluding hydrogens is 466 g/mol. The number of amides is 1. The fourth-order valence-corrected chi connectivity index (χ4v) is 3.50. The molecule has 4 rings (SSSR count). The number of nitrogens with one attached hydrogen (secondary N) is 3. The molecule has 3 aromatic carbocycles. The first-order chi connectivity index (χ1) is 15.5. The second-order valence-electron chi connectivity index (χ2n) is 7.22. The molecule has 1 amide bonds. The molecule has 6 nitrogen and oxygen atoms in total. The Morgan fingerprint density at radius 1 is 0.969 bits per heavy atom. The molecule has 0 aliphatic carbocycles. The van der Waals surface area contributed by atoms with Gasteiger partial charge in [-0.15, -0.1) is 0 Å². The smallest absolute Gasteiger partial charge is 0.248 e. The van der Waals surface area contributed by atoms with Crippen molar-refractivity contribution in [2.75, 3.05) is 16.0 Å². The van der Waals surface area contributed by atoms with Crippen LogP contribution in [0.1, 0.15) is 12.5 Å². The number of carbonyl (C=O) groups is 1. The van der Waals surface area contributed by atoms with Crippen molar-refractivity contribution in [3.63, 3.8) is 0 Å². The standard InChI is InChI=1S/C25H22BrN5O/c1-3-6-23(32)28-20-11-9-16(2)22(14-20)30-25-27-15-21(26)24(31-25)29-19-12-10-17-7-4-5-8-18(17)13-19/h3-15H,1-2H3,(H,28,32)(H2,27,29,30,31)/b6-3+. The number of nitrogens with zero attached hydrogens (tertiary/aromatic N) is 2. The molecule has 0 atom stereocenters. The lowest BCUT2D eigenvalue weighted by Gasteiger charge is -2.13. The predicted octanol–water partition coefficient (Wildman–Crippen LogP) is 6.70. The quantitative estimate of drug-likeness (QED) is 0.263. The number of aryl methyl sites for hydroxylation is 1. The maximum absolute atomic E-state index is 11.8. The fourth-order valence-electron chi connectivity index (χ4n) is 3.21. The van der Waals surface area contributed by atoms with Crippen molar-refractivity contribution < 1.29 is 4.79 Å². The summed E-state index contributed by atoms with van der Waals surface area (Å²) in [5.74, 6) is 0.911. The Morgan fingerprint density at radius 3 is 2.56 bits per heavy atom. The molecule has 0 saturated carbocycles. The summed E-state index contributed by atoms with van der Waals surface area (Å²) < 4.78 is 0.750. The van der Waals surface area contributed by atoms with Gasteiger partial charge in [0.2, 0.25) is 11.9 Å². The van der Waals surface area contributed by atoms with Crippen LogP contribution >= 0.6 is 15.9 Å². The SMILES string of the molecule is C/C=C/C(=O)Nc1ccc(C)c(Nc2ncc(Br)c(Nc3ccc4ccccc4c3)n2)c1. The van der Waals surface area contributed by atoms with Gasteiger partial charge < -0.3 is 16.0 Å². The Balaban J connectivity index is 1.56. The van der Waals surface area contributed by atoms with Gasteiger partial charge in [0.1, 0.15) is 5.82 Å². The third kappa shape index (κ3) is 5.12. The van der Waals surface area contributed by atoms with Crippen molar-refractivity contribution in [3.05, 3.63) is 89.0 Å². The number of rotatable bonds is 6. The number of carbonyl (C=O) groups excluding carboxylic acids is 1. The van der Waals surface area contributed by atoms with Crippen molar-refractivity contribution >= 4 is 61.4 Å². The minimum Gasteiger partial charge on any atom is -0.339 e. The molecule has 0 unspecified atom stereocenters. The highest BCUT2D eigenvalue weighted by molar-refractivity contribution is 9.10. The first-order valence-corrected chi connectivity index (χ1v) is 10.9. The fraction of sp³-hybridized carbons (Fsp3) is 0.0800. The van der Waals surface area contributed by atoms with E-state index in [0.717, 1.165) is 26.8 Å². The van der Waals surface area contributed by atoms with E-state index in [4.69, 9.17) is 0 Å². The zero-order chi connectivity index (χ0) is 22.5. The van der Waals surface area contributed by atoms with Crippen LogP contribution < -0.4 is 16.0 Å². The first-order valence-electron chi connectivity index (χ1n) is 10.1. The molecule has 0 aliphatic rings. The van der Waals surface area contributed by atoms with E-state index >= 15 is 0 Å². The highest BCUT2D eigenvalue weighted by atomic mass is 79.9. The second kappa shape index (κ2) is 9.62. The summed E-state index contributed by atoms with van der Waals surface area (Å²) in [6.45, 7) is 3.78. The van der Waals surface area contributed by atoms with Gasteiger partial charge in [-0.2, -0.15) is 4.98 Å². The van der Waals surface area contributed by atoms with Crippen molar-refractivity contribution in [2.24, 2.45) is 0 Å². The summed E-state index contributed by atoms with van der Waals surface area (Å²) >= 11 is 3.52. The van der Waals surface area contributed by atoms with Gasteiger partial charge in [-0.1, -0.05) is 42.5 Å². The lowest BCUT2D eigenvalue weighted by Crippen LogP contribution is -2.08. The van der Waals surface area contributed by atoms with Crippen LogP contribution in [0.3, 0.4) is 0 Å². The molecule has 0 radical (unpaired) electrons. The third-order valence-corrected chi connectivity index (χ3v) is 5.41. The average molecular weight is 488 g/mol. The monoisotopic (exact) mass is 487 g/mol. The van der Waals surface area contributed by atoms with Gasteiger partial charge in [0, 0.05) is 23.3 Å². The third-order valence-electron chi connectivity index (χ3n) is 4.83. The van der Waals surface area contributed by atoms with Crippen LogP contribution in [0.2, 0.25) is 0 Å². The molecular formula is C25H22BrN5O. The van der Waals surface area contributed by atoms with Gasteiger partial charge in [-0.3, -0.25) is 4.79 Å². The lowest BCUT2D eigenvalue weighted by molar-refractivity contribution is -0.111. The zero-order valence-corrected chi connectivity index (χ0v) is 19.3. The normalized spacial score (nSPS) is 11.0. The molecule has 4 aromatic rings. The van der Waals surface area contributed by atoms with E-state index in [9.17, 15) is 4.79 Å². The molecule has 3 N–H and O–H groups in total. The summed E-state index contributed by atoms with van der Waals surface area (Å²) in [6, 6.07) is 20.0. The average Bonchev–Trinajstić information content (AvgIpc) is 2.78. The first kappa shape index (κ1) is 21.5. The van der Waals surface area contributed by atoms with Crippen molar-refractivity contribution in [1.29, 1.82) is 0 Å². The zero-order valence-electron chi connectivity index (χ0n) is 17.7. The van der Waals surface area contributed by atoms with Crippen LogP contribution in [0.4, 0.5) is 28.8 Å². The number of hydrogen-bond acceptors (Lipinski definition) is 5. The van der Waals surface area contributed by atoms with Gasteiger partial charge >= 0.3 is 0 Å². The molecule has 160 valence electrons. The number of benzene rings is 3. The molecule has 0 saturated heterocycles. The summed E-state index contributed by atoms with van der Waals surface area (Å²) in [5, 5.41) is 11.8. The molecule has 1 heterocycles. The van der Waals surface area contributed by atoms with Gasteiger partial charge in [-0.05, 0) is 76.5 Å². The minimum atomic E-state index is -0.177. The van der Waals surface area contributed by atoms with Gasteiger partial charge in [-0.25, -0.2) is 4.98 Å². The highest BCUT2D eigenvalue weighted by Gasteiger charge is 2.09. The molecule has 32 heavy (non-hydrogen) atoms. The number of halogens is 1. The van der Waals surface area contributed by atoms with Crippen LogP contribution in [-0.2, 0) is 4.79 Å². The van der Waals surface area contributed by atoms with E-state index in [-0.39, 0.29) is 5.91 Å². The van der Waals surface area contributed by atoms with Crippen LogP contribution in [0.15, 0.2) is 83.5 Å². The Labute approximate surface area is 194 Å². The van der Waals surface area contributed by atoms with Gasteiger partial charge in [0.25, 0.3) is 0 Å². The van der Waals surface area contributed by atoms with E-state index in [1.54, 1.807) is 19.2 Å². The van der Waals surface area contributed by atoms with Gasteiger partial charge in [0.15, 0.2) is 0 Å². The number of hydrogen-bond donors (Lipinski definition) is 3. The van der Waals surface area contributed by atoms with Crippen LogP contribution in [0.5, 0.6) is 0 Å². The Hall–Kier alpha value is -3.71. The minimum absolute atomic E-state index is 0.177. The van der Waals surface area contributed by atoms with Crippen molar-refractivity contribution in [3.8, 4) is 0 Å². The van der Waals surface area contributed by atoms with E-state index < -0.39 is 0 Å². The Bertz CT molecular complexity index is 1320. The number of anilines is 5. The molecule has 0 fully saturated rings. The lowest BCUT2D eigenvalue weighted by atomic mass is 10.1. The van der Waals surface area contributed by atoms with Gasteiger partial charge in [0.05, 0.1) is 4.47 Å². The van der Waals surface area contributed by atoms with Crippen LogP contribution in [0.25, 0.3) is 10.8 Å². The maximum atomic E-state index is 11.8. The van der Waals surface area contributed by atoms with Crippen molar-refractivity contribution in [2.45, 2.75) is 13.8 Å².